The van der Waals surface area contributed by atoms with E-state index in [-0.39, 0.29) is 6.61 Å². The molecule has 0 radical (unpaired) electrons. The molecular formula is C21H14Cl3N3O. The van der Waals surface area contributed by atoms with Gasteiger partial charge in [0.2, 0.25) is 0 Å². The lowest BCUT2D eigenvalue weighted by atomic mass is 10.1. The van der Waals surface area contributed by atoms with Crippen molar-refractivity contribution in [3.8, 4) is 11.3 Å². The Morgan fingerprint density at radius 2 is 1.75 bits per heavy atom. The van der Waals surface area contributed by atoms with E-state index in [1.807, 2.05) is 46.9 Å². The predicted octanol–water partition coefficient (Wildman–Crippen LogP) is 6.51. The van der Waals surface area contributed by atoms with Gasteiger partial charge in [-0.1, -0.05) is 76.4 Å². The van der Waals surface area contributed by atoms with Crippen molar-refractivity contribution in [2.45, 2.75) is 6.61 Å². The molecule has 0 unspecified atom stereocenters. The molecule has 2 heterocycles. The van der Waals surface area contributed by atoms with Crippen molar-refractivity contribution in [2.75, 3.05) is 0 Å². The van der Waals surface area contributed by atoms with E-state index < -0.39 is 0 Å². The highest BCUT2D eigenvalue weighted by Gasteiger charge is 2.13. The molecule has 4 aromatic rings. The first kappa shape index (κ1) is 18.8. The van der Waals surface area contributed by atoms with Gasteiger partial charge in [0.25, 0.3) is 0 Å². The van der Waals surface area contributed by atoms with Crippen molar-refractivity contribution in [3.05, 3.63) is 93.2 Å². The van der Waals surface area contributed by atoms with Gasteiger partial charge in [0.1, 0.15) is 12.3 Å². The van der Waals surface area contributed by atoms with Crippen molar-refractivity contribution in [1.82, 2.24) is 9.38 Å². The van der Waals surface area contributed by atoms with Crippen LogP contribution in [0.15, 0.2) is 72.0 Å². The average molecular weight is 431 g/mol. The summed E-state index contributed by atoms with van der Waals surface area (Å²) in [6.45, 7) is 0.227. The largest absolute Gasteiger partial charge is 0.391 e. The molecule has 4 rings (SSSR count). The van der Waals surface area contributed by atoms with Gasteiger partial charge in [-0.05, 0) is 24.3 Å². The molecule has 0 N–H and O–H groups in total. The van der Waals surface area contributed by atoms with E-state index >= 15 is 0 Å². The number of rotatable bonds is 5. The lowest BCUT2D eigenvalue weighted by Gasteiger charge is -2.04. The quantitative estimate of drug-likeness (QED) is 0.267. The van der Waals surface area contributed by atoms with Crippen molar-refractivity contribution < 1.29 is 4.84 Å². The highest BCUT2D eigenvalue weighted by atomic mass is 35.5. The topological polar surface area (TPSA) is 38.9 Å². The molecule has 140 valence electrons. The first-order valence-electron chi connectivity index (χ1n) is 8.44. The summed E-state index contributed by atoms with van der Waals surface area (Å²) in [7, 11) is 0. The van der Waals surface area contributed by atoms with E-state index in [1.165, 1.54) is 0 Å². The summed E-state index contributed by atoms with van der Waals surface area (Å²) >= 11 is 18.2. The van der Waals surface area contributed by atoms with Crippen LogP contribution in [0, 0.1) is 0 Å². The second-order valence-corrected chi connectivity index (χ2v) is 7.31. The molecule has 2 aromatic carbocycles. The minimum atomic E-state index is 0.227. The maximum atomic E-state index is 6.17. The van der Waals surface area contributed by atoms with Gasteiger partial charge in [0.05, 0.1) is 22.6 Å². The minimum Gasteiger partial charge on any atom is -0.391 e. The molecular weight excluding hydrogens is 417 g/mol. The molecule has 28 heavy (non-hydrogen) atoms. The Hall–Kier alpha value is -2.53. The molecule has 0 atom stereocenters. The summed E-state index contributed by atoms with van der Waals surface area (Å²) in [5, 5.41) is 5.84. The Morgan fingerprint density at radius 3 is 2.54 bits per heavy atom. The predicted molar refractivity (Wildman–Crippen MR) is 114 cm³/mol. The van der Waals surface area contributed by atoms with E-state index in [2.05, 4.69) is 5.16 Å². The maximum absolute atomic E-state index is 6.17. The molecule has 0 saturated carbocycles. The molecule has 0 aliphatic rings. The van der Waals surface area contributed by atoms with E-state index in [0.717, 1.165) is 28.2 Å². The fourth-order valence-electron chi connectivity index (χ4n) is 2.80. The van der Waals surface area contributed by atoms with Crippen molar-refractivity contribution in [3.63, 3.8) is 0 Å². The molecule has 0 spiro atoms. The Kier molecular flexibility index (Phi) is 5.53. The lowest BCUT2D eigenvalue weighted by molar-refractivity contribution is 0.132. The van der Waals surface area contributed by atoms with Crippen LogP contribution in [0.25, 0.3) is 16.9 Å². The van der Waals surface area contributed by atoms with Gasteiger partial charge in [-0.15, -0.1) is 0 Å². The second kappa shape index (κ2) is 8.23. The van der Waals surface area contributed by atoms with E-state index in [4.69, 9.17) is 44.6 Å². The third-order valence-electron chi connectivity index (χ3n) is 4.15. The van der Waals surface area contributed by atoms with Crippen LogP contribution in [0.5, 0.6) is 0 Å². The van der Waals surface area contributed by atoms with Gasteiger partial charge in [-0.3, -0.25) is 4.40 Å². The van der Waals surface area contributed by atoms with Crippen LogP contribution in [-0.4, -0.2) is 15.6 Å². The normalized spacial score (nSPS) is 11.4. The molecule has 0 aliphatic heterocycles. The average Bonchev–Trinajstić information content (AvgIpc) is 3.05. The number of aromatic nitrogens is 2. The zero-order valence-corrected chi connectivity index (χ0v) is 16.8. The monoisotopic (exact) mass is 429 g/mol. The SMILES string of the molecule is Clc1ccc(CO/N=C/c2c(-c3ccccc3)nc3ccc(Cl)cn23)c(Cl)c1. The third-order valence-corrected chi connectivity index (χ3v) is 4.96. The number of nitrogens with zero attached hydrogens (tertiary/aromatic N) is 3. The molecule has 0 amide bonds. The third kappa shape index (κ3) is 3.99. The second-order valence-electron chi connectivity index (χ2n) is 6.03. The van der Waals surface area contributed by atoms with Crippen molar-refractivity contribution in [1.29, 1.82) is 0 Å². The van der Waals surface area contributed by atoms with Gasteiger partial charge in [-0.25, -0.2) is 4.98 Å². The summed E-state index contributed by atoms with van der Waals surface area (Å²) in [6.07, 6.45) is 3.43. The highest BCUT2D eigenvalue weighted by Crippen LogP contribution is 2.25. The van der Waals surface area contributed by atoms with Gasteiger partial charge >= 0.3 is 0 Å². The van der Waals surface area contributed by atoms with Crippen LogP contribution in [0.2, 0.25) is 15.1 Å². The highest BCUT2D eigenvalue weighted by molar-refractivity contribution is 6.35. The lowest BCUT2D eigenvalue weighted by Crippen LogP contribution is -1.95. The smallest absolute Gasteiger partial charge is 0.143 e. The number of oxime groups is 1. The van der Waals surface area contributed by atoms with Gasteiger partial charge < -0.3 is 4.84 Å². The van der Waals surface area contributed by atoms with Gasteiger partial charge in [-0.2, -0.15) is 0 Å². The van der Waals surface area contributed by atoms with Gasteiger partial charge in [0.15, 0.2) is 0 Å². The first-order chi connectivity index (χ1) is 13.6. The van der Waals surface area contributed by atoms with E-state index in [0.29, 0.717) is 15.1 Å². The maximum Gasteiger partial charge on any atom is 0.143 e. The minimum absolute atomic E-state index is 0.227. The Balaban J connectivity index is 1.65. The van der Waals surface area contributed by atoms with E-state index in [9.17, 15) is 0 Å². The van der Waals surface area contributed by atoms with Crippen LogP contribution >= 0.6 is 34.8 Å². The van der Waals surface area contributed by atoms with Gasteiger partial charge in [0, 0.05) is 27.4 Å². The molecule has 7 heteroatoms. The summed E-state index contributed by atoms with van der Waals surface area (Å²) in [5.41, 5.74) is 4.10. The number of halogens is 3. The summed E-state index contributed by atoms with van der Waals surface area (Å²) in [6, 6.07) is 18.8. The van der Waals surface area contributed by atoms with Crippen molar-refractivity contribution in [2.24, 2.45) is 5.16 Å². The Morgan fingerprint density at radius 1 is 0.964 bits per heavy atom. The molecule has 2 aromatic heterocycles. The number of hydrogen-bond acceptors (Lipinski definition) is 3. The van der Waals surface area contributed by atoms with Crippen LogP contribution in [0.3, 0.4) is 0 Å². The van der Waals surface area contributed by atoms with Crippen LogP contribution < -0.4 is 0 Å². The number of fused-ring (bicyclic) bond motifs is 1. The molecule has 0 saturated heterocycles. The fourth-order valence-corrected chi connectivity index (χ4v) is 3.43. The summed E-state index contributed by atoms with van der Waals surface area (Å²) in [4.78, 5) is 10.2. The molecule has 0 fully saturated rings. The standard InChI is InChI=1S/C21H14Cl3N3O/c22-16-7-6-15(18(24)10-16)13-28-25-11-19-21(14-4-2-1-3-5-14)26-20-9-8-17(23)12-27(19)20/h1-12H,13H2/b25-11+. The van der Waals surface area contributed by atoms with Crippen LogP contribution in [-0.2, 0) is 11.4 Å². The molecule has 4 nitrogen and oxygen atoms in total. The van der Waals surface area contributed by atoms with Crippen LogP contribution in [0.4, 0.5) is 0 Å². The van der Waals surface area contributed by atoms with Crippen molar-refractivity contribution >= 4 is 46.7 Å². The number of imidazole rings is 1. The zero-order valence-electron chi connectivity index (χ0n) is 14.5. The number of pyridine rings is 1. The first-order valence-corrected chi connectivity index (χ1v) is 9.57. The fraction of sp³-hybridized carbons (Fsp3) is 0.0476. The zero-order chi connectivity index (χ0) is 19.5. The summed E-state index contributed by atoms with van der Waals surface area (Å²) < 4.78 is 1.88. The number of benzene rings is 2. The Bertz CT molecular complexity index is 1160. The summed E-state index contributed by atoms with van der Waals surface area (Å²) in [5.74, 6) is 0. The Labute approximate surface area is 176 Å². The molecule has 0 aliphatic carbocycles. The van der Waals surface area contributed by atoms with Crippen LogP contribution in [0.1, 0.15) is 11.3 Å². The number of hydrogen-bond donors (Lipinski definition) is 0. The van der Waals surface area contributed by atoms with E-state index in [1.54, 1.807) is 30.6 Å². The molecule has 0 bridgehead atoms.